The Balaban J connectivity index is 2.63. The van der Waals surface area contributed by atoms with Crippen molar-refractivity contribution in [3.05, 3.63) is 40.8 Å². The summed E-state index contributed by atoms with van der Waals surface area (Å²) in [6, 6.07) is 4.08. The van der Waals surface area contributed by atoms with Crippen LogP contribution in [-0.2, 0) is 6.54 Å². The zero-order valence-electron chi connectivity index (χ0n) is 9.11. The van der Waals surface area contributed by atoms with Gasteiger partial charge in [0.1, 0.15) is 11.4 Å². The van der Waals surface area contributed by atoms with Crippen LogP contribution in [0.25, 0.3) is 22.0 Å². The van der Waals surface area contributed by atoms with Crippen molar-refractivity contribution in [1.29, 1.82) is 0 Å². The Kier molecular flexibility index (Phi) is 2.01. The number of nitrogens with zero attached hydrogens (tertiary/aromatic N) is 2. The van der Waals surface area contributed by atoms with Gasteiger partial charge in [0.15, 0.2) is 5.52 Å². The average Bonchev–Trinajstić information content (AvgIpc) is 2.75. The van der Waals surface area contributed by atoms with E-state index in [4.69, 9.17) is 4.42 Å². The molecule has 0 spiro atoms. The molecule has 0 aliphatic rings. The summed E-state index contributed by atoms with van der Waals surface area (Å²) in [5, 5.41) is 0.568. The van der Waals surface area contributed by atoms with Crippen LogP contribution in [0.4, 0.5) is 4.39 Å². The molecule has 2 aromatic heterocycles. The van der Waals surface area contributed by atoms with Crippen molar-refractivity contribution in [2.24, 2.45) is 0 Å². The summed E-state index contributed by atoms with van der Waals surface area (Å²) in [5.74, 6) is -0.364. The highest BCUT2D eigenvalue weighted by Crippen LogP contribution is 2.22. The maximum absolute atomic E-state index is 13.3. The summed E-state index contributed by atoms with van der Waals surface area (Å²) in [6.45, 7) is 2.59. The van der Waals surface area contributed by atoms with Crippen LogP contribution in [0.3, 0.4) is 0 Å². The van der Waals surface area contributed by atoms with Gasteiger partial charge in [-0.1, -0.05) is 0 Å². The van der Waals surface area contributed by atoms with Gasteiger partial charge in [0.2, 0.25) is 0 Å². The van der Waals surface area contributed by atoms with Crippen molar-refractivity contribution in [2.45, 2.75) is 13.5 Å². The molecule has 0 unspecified atom stereocenters. The molecule has 0 amide bonds. The van der Waals surface area contributed by atoms with E-state index in [2.05, 4.69) is 4.98 Å². The molecule has 3 aromatic rings. The van der Waals surface area contributed by atoms with Crippen molar-refractivity contribution in [3.8, 4) is 0 Å². The van der Waals surface area contributed by atoms with E-state index in [9.17, 15) is 9.18 Å². The number of fused-ring (bicyclic) bond motifs is 3. The quantitative estimate of drug-likeness (QED) is 0.605. The van der Waals surface area contributed by atoms with Gasteiger partial charge in [-0.05, 0) is 25.1 Å². The van der Waals surface area contributed by atoms with E-state index in [-0.39, 0.29) is 11.3 Å². The summed E-state index contributed by atoms with van der Waals surface area (Å²) in [4.78, 5) is 15.7. The van der Waals surface area contributed by atoms with Gasteiger partial charge in [-0.3, -0.25) is 0 Å². The number of imidazole rings is 1. The first-order valence-electron chi connectivity index (χ1n) is 5.28. The number of hydrogen-bond acceptors (Lipinski definition) is 3. The fourth-order valence-corrected chi connectivity index (χ4v) is 1.98. The van der Waals surface area contributed by atoms with Gasteiger partial charge in [-0.2, -0.15) is 0 Å². The summed E-state index contributed by atoms with van der Waals surface area (Å²) >= 11 is 0. The molecule has 0 aliphatic heterocycles. The summed E-state index contributed by atoms with van der Waals surface area (Å²) in [5.41, 5.74) is 0.744. The zero-order valence-corrected chi connectivity index (χ0v) is 9.11. The monoisotopic (exact) mass is 232 g/mol. The van der Waals surface area contributed by atoms with Gasteiger partial charge < -0.3 is 8.98 Å². The van der Waals surface area contributed by atoms with E-state index >= 15 is 0 Å². The van der Waals surface area contributed by atoms with E-state index in [0.29, 0.717) is 23.0 Å². The maximum Gasteiger partial charge on any atom is 0.364 e. The van der Waals surface area contributed by atoms with Crippen LogP contribution in [0.5, 0.6) is 0 Å². The Hall–Kier alpha value is -2.17. The molecule has 4 nitrogen and oxygen atoms in total. The Bertz CT molecular complexity index is 773. The molecule has 0 radical (unpaired) electrons. The Morgan fingerprint density at radius 3 is 3.06 bits per heavy atom. The molecule has 17 heavy (non-hydrogen) atoms. The Morgan fingerprint density at radius 1 is 1.47 bits per heavy atom. The molecular weight excluding hydrogens is 223 g/mol. The third-order valence-electron chi connectivity index (χ3n) is 2.77. The number of aromatic nitrogens is 2. The first-order chi connectivity index (χ1) is 8.20. The minimum atomic E-state index is -0.494. The number of aryl methyl sites for hydroxylation is 1. The standard InChI is InChI=1S/C12H9FN2O2/c1-2-15-6-14-10-11(15)8-5-7(13)3-4-9(8)17-12(10)16/h3-6H,2H2,1H3. The molecule has 5 heteroatoms. The average molecular weight is 232 g/mol. The van der Waals surface area contributed by atoms with Crippen LogP contribution in [0.2, 0.25) is 0 Å². The van der Waals surface area contributed by atoms with E-state index in [1.807, 2.05) is 6.92 Å². The van der Waals surface area contributed by atoms with Gasteiger partial charge in [-0.15, -0.1) is 0 Å². The molecule has 1 aromatic carbocycles. The zero-order chi connectivity index (χ0) is 12.0. The van der Waals surface area contributed by atoms with Crippen molar-refractivity contribution in [2.75, 3.05) is 0 Å². The SMILES string of the molecule is CCn1cnc2c(=O)oc3ccc(F)cc3c21. The first kappa shape index (κ1) is 10.0. The number of benzene rings is 1. The maximum atomic E-state index is 13.3. The predicted octanol–water partition coefficient (Wildman–Crippen LogP) is 2.30. The molecule has 0 bridgehead atoms. The Morgan fingerprint density at radius 2 is 2.29 bits per heavy atom. The van der Waals surface area contributed by atoms with Gasteiger partial charge in [0, 0.05) is 11.9 Å². The molecule has 0 fully saturated rings. The van der Waals surface area contributed by atoms with Gasteiger partial charge in [0.25, 0.3) is 0 Å². The van der Waals surface area contributed by atoms with Crippen LogP contribution < -0.4 is 5.63 Å². The highest BCUT2D eigenvalue weighted by Gasteiger charge is 2.12. The van der Waals surface area contributed by atoms with E-state index in [0.717, 1.165) is 0 Å². The molecule has 0 saturated carbocycles. The normalized spacial score (nSPS) is 11.4. The third kappa shape index (κ3) is 1.35. The van der Waals surface area contributed by atoms with Crippen molar-refractivity contribution in [3.63, 3.8) is 0 Å². The summed E-state index contributed by atoms with van der Waals surface area (Å²) < 4.78 is 20.1. The van der Waals surface area contributed by atoms with Crippen molar-refractivity contribution >= 4 is 22.0 Å². The second kappa shape index (κ2) is 3.41. The summed E-state index contributed by atoms with van der Waals surface area (Å²) in [7, 11) is 0. The number of halogens is 1. The number of hydrogen-bond donors (Lipinski definition) is 0. The van der Waals surface area contributed by atoms with Crippen LogP contribution in [0.15, 0.2) is 33.7 Å². The smallest absolute Gasteiger partial charge is 0.364 e. The molecule has 2 heterocycles. The lowest BCUT2D eigenvalue weighted by atomic mass is 10.2. The Labute approximate surface area is 95.3 Å². The molecule has 0 saturated heterocycles. The lowest BCUT2D eigenvalue weighted by Crippen LogP contribution is -2.01. The first-order valence-corrected chi connectivity index (χ1v) is 5.28. The molecule has 0 atom stereocenters. The fourth-order valence-electron chi connectivity index (χ4n) is 1.98. The lowest BCUT2D eigenvalue weighted by Gasteiger charge is -2.02. The molecular formula is C12H9FN2O2. The number of rotatable bonds is 1. The molecule has 3 rings (SSSR count). The lowest BCUT2D eigenvalue weighted by molar-refractivity contribution is 0.565. The minimum Gasteiger partial charge on any atom is -0.421 e. The minimum absolute atomic E-state index is 0.241. The largest absolute Gasteiger partial charge is 0.421 e. The van der Waals surface area contributed by atoms with Crippen LogP contribution in [0.1, 0.15) is 6.92 Å². The van der Waals surface area contributed by atoms with Gasteiger partial charge in [0.05, 0.1) is 11.8 Å². The van der Waals surface area contributed by atoms with Gasteiger partial charge in [-0.25, -0.2) is 14.2 Å². The second-order valence-corrected chi connectivity index (χ2v) is 3.76. The van der Waals surface area contributed by atoms with Gasteiger partial charge >= 0.3 is 5.63 Å². The highest BCUT2D eigenvalue weighted by atomic mass is 19.1. The second-order valence-electron chi connectivity index (χ2n) is 3.76. The van der Waals surface area contributed by atoms with Crippen LogP contribution in [0, 0.1) is 5.82 Å². The molecule has 0 aliphatic carbocycles. The van der Waals surface area contributed by atoms with E-state index in [1.54, 1.807) is 10.9 Å². The molecule has 86 valence electrons. The van der Waals surface area contributed by atoms with E-state index < -0.39 is 5.63 Å². The summed E-state index contributed by atoms with van der Waals surface area (Å²) in [6.07, 6.45) is 1.56. The third-order valence-corrected chi connectivity index (χ3v) is 2.77. The van der Waals surface area contributed by atoms with Crippen molar-refractivity contribution in [1.82, 2.24) is 9.55 Å². The predicted molar refractivity (Wildman–Crippen MR) is 61.4 cm³/mol. The molecule has 0 N–H and O–H groups in total. The van der Waals surface area contributed by atoms with E-state index in [1.165, 1.54) is 18.2 Å². The fraction of sp³-hybridized carbons (Fsp3) is 0.167. The van der Waals surface area contributed by atoms with Crippen LogP contribution in [-0.4, -0.2) is 9.55 Å². The van der Waals surface area contributed by atoms with Crippen LogP contribution >= 0.6 is 0 Å². The van der Waals surface area contributed by atoms with Crippen molar-refractivity contribution < 1.29 is 8.81 Å². The highest BCUT2D eigenvalue weighted by molar-refractivity contribution is 6.00. The topological polar surface area (TPSA) is 48.0 Å².